The van der Waals surface area contributed by atoms with Crippen molar-refractivity contribution in [2.75, 3.05) is 11.6 Å². The topological polar surface area (TPSA) is 37.8 Å². The monoisotopic (exact) mass is 265 g/mol. The van der Waals surface area contributed by atoms with Crippen LogP contribution in [0.1, 0.15) is 44.7 Å². The lowest BCUT2D eigenvalue weighted by Gasteiger charge is -2.28. The quantitative estimate of drug-likeness (QED) is 0.884. The first-order chi connectivity index (χ1) is 8.81. The molecule has 1 heterocycles. The van der Waals surface area contributed by atoms with E-state index in [2.05, 4.69) is 34.5 Å². The molecule has 1 aliphatic carbocycles. The fourth-order valence-electron chi connectivity index (χ4n) is 2.52. The van der Waals surface area contributed by atoms with E-state index in [0.29, 0.717) is 6.04 Å². The summed E-state index contributed by atoms with van der Waals surface area (Å²) in [6.45, 7) is 2.18. The number of rotatable bonds is 5. The van der Waals surface area contributed by atoms with Crippen molar-refractivity contribution in [1.29, 1.82) is 0 Å². The van der Waals surface area contributed by atoms with Crippen LogP contribution >= 0.6 is 11.8 Å². The predicted molar refractivity (Wildman–Crippen MR) is 79.2 cm³/mol. The van der Waals surface area contributed by atoms with Crippen LogP contribution in [0.5, 0.6) is 0 Å². The molecule has 0 aromatic carbocycles. The van der Waals surface area contributed by atoms with E-state index in [1.807, 2.05) is 11.8 Å². The van der Waals surface area contributed by atoms with Gasteiger partial charge in [0.05, 0.1) is 0 Å². The summed E-state index contributed by atoms with van der Waals surface area (Å²) in [5, 5.41) is 4.43. The molecular weight excluding hydrogens is 242 g/mol. The van der Waals surface area contributed by atoms with Crippen molar-refractivity contribution in [2.24, 2.45) is 0 Å². The third-order valence-corrected chi connectivity index (χ3v) is 4.73. The summed E-state index contributed by atoms with van der Waals surface area (Å²) in [4.78, 5) is 8.62. The molecule has 0 unspecified atom stereocenters. The molecule has 0 amide bonds. The largest absolute Gasteiger partial charge is 0.367 e. The summed E-state index contributed by atoms with van der Waals surface area (Å²) >= 11 is 2.01. The summed E-state index contributed by atoms with van der Waals surface area (Å²) in [7, 11) is 0. The molecule has 0 aliphatic heterocycles. The first-order valence-corrected chi connectivity index (χ1v) is 8.21. The van der Waals surface area contributed by atoms with Gasteiger partial charge in [-0.2, -0.15) is 11.8 Å². The van der Waals surface area contributed by atoms with Gasteiger partial charge in [-0.15, -0.1) is 0 Å². The SMILES string of the molecule is CCCc1cc(NC2CCC(SC)CC2)ncn1. The van der Waals surface area contributed by atoms with E-state index in [-0.39, 0.29) is 0 Å². The molecule has 1 fully saturated rings. The fourth-order valence-corrected chi connectivity index (χ4v) is 3.26. The van der Waals surface area contributed by atoms with Crippen LogP contribution in [0.2, 0.25) is 0 Å². The Hall–Kier alpha value is -0.770. The molecule has 1 aliphatic rings. The van der Waals surface area contributed by atoms with Crippen LogP contribution in [0.3, 0.4) is 0 Å². The van der Waals surface area contributed by atoms with Crippen LogP contribution < -0.4 is 5.32 Å². The average Bonchev–Trinajstić information content (AvgIpc) is 2.40. The normalized spacial score (nSPS) is 23.9. The van der Waals surface area contributed by atoms with Gasteiger partial charge in [-0.1, -0.05) is 13.3 Å². The van der Waals surface area contributed by atoms with Gasteiger partial charge in [0, 0.05) is 23.1 Å². The van der Waals surface area contributed by atoms with Crippen LogP contribution in [-0.4, -0.2) is 27.5 Å². The minimum absolute atomic E-state index is 0.595. The second kappa shape index (κ2) is 6.98. The summed E-state index contributed by atoms with van der Waals surface area (Å²) in [5.41, 5.74) is 1.15. The van der Waals surface area contributed by atoms with Crippen molar-refractivity contribution in [3.8, 4) is 0 Å². The Morgan fingerprint density at radius 2 is 2.06 bits per heavy atom. The first-order valence-electron chi connectivity index (χ1n) is 6.92. The van der Waals surface area contributed by atoms with Crippen LogP contribution in [-0.2, 0) is 6.42 Å². The number of nitrogens with zero attached hydrogens (tertiary/aromatic N) is 2. The van der Waals surface area contributed by atoms with Gasteiger partial charge in [0.15, 0.2) is 0 Å². The van der Waals surface area contributed by atoms with Gasteiger partial charge >= 0.3 is 0 Å². The molecule has 0 bridgehead atoms. The van der Waals surface area contributed by atoms with Crippen LogP contribution in [0.4, 0.5) is 5.82 Å². The zero-order chi connectivity index (χ0) is 12.8. The molecule has 4 heteroatoms. The second-order valence-corrected chi connectivity index (χ2v) is 6.14. The van der Waals surface area contributed by atoms with Crippen LogP contribution in [0.15, 0.2) is 12.4 Å². The first kappa shape index (κ1) is 13.7. The Labute approximate surface area is 114 Å². The molecule has 1 saturated carbocycles. The van der Waals surface area contributed by atoms with Crippen LogP contribution in [0, 0.1) is 0 Å². The van der Waals surface area contributed by atoms with E-state index in [4.69, 9.17) is 0 Å². The highest BCUT2D eigenvalue weighted by atomic mass is 32.2. The van der Waals surface area contributed by atoms with Gasteiger partial charge < -0.3 is 5.32 Å². The van der Waals surface area contributed by atoms with E-state index < -0.39 is 0 Å². The maximum absolute atomic E-state index is 4.33. The molecule has 1 aromatic rings. The maximum Gasteiger partial charge on any atom is 0.129 e. The zero-order valence-corrected chi connectivity index (χ0v) is 12.2. The number of hydrogen-bond acceptors (Lipinski definition) is 4. The Kier molecular flexibility index (Phi) is 5.29. The Morgan fingerprint density at radius 3 is 2.72 bits per heavy atom. The van der Waals surface area contributed by atoms with Crippen molar-refractivity contribution in [2.45, 2.75) is 56.7 Å². The summed E-state index contributed by atoms with van der Waals surface area (Å²) < 4.78 is 0. The van der Waals surface area contributed by atoms with Crippen molar-refractivity contribution < 1.29 is 0 Å². The molecule has 1 aromatic heterocycles. The molecule has 0 radical (unpaired) electrons. The van der Waals surface area contributed by atoms with Crippen LogP contribution in [0.25, 0.3) is 0 Å². The van der Waals surface area contributed by atoms with Gasteiger partial charge in [0.25, 0.3) is 0 Å². The number of anilines is 1. The fraction of sp³-hybridized carbons (Fsp3) is 0.714. The molecule has 2 rings (SSSR count). The smallest absolute Gasteiger partial charge is 0.129 e. The van der Waals surface area contributed by atoms with Gasteiger partial charge in [-0.25, -0.2) is 9.97 Å². The number of hydrogen-bond donors (Lipinski definition) is 1. The van der Waals surface area contributed by atoms with Crippen molar-refractivity contribution in [3.63, 3.8) is 0 Å². The standard InChI is InChI=1S/C14H23N3S/c1-3-4-12-9-14(16-10-15-12)17-11-5-7-13(18-2)8-6-11/h9-11,13H,3-8H2,1-2H3,(H,15,16,17). The maximum atomic E-state index is 4.33. The lowest BCUT2D eigenvalue weighted by atomic mass is 9.95. The summed E-state index contributed by atoms with van der Waals surface area (Å²) in [6.07, 6.45) is 11.3. The third-order valence-electron chi connectivity index (χ3n) is 3.59. The summed E-state index contributed by atoms with van der Waals surface area (Å²) in [6, 6.07) is 2.70. The van der Waals surface area contributed by atoms with Gasteiger partial charge in [-0.3, -0.25) is 0 Å². The molecular formula is C14H23N3S. The zero-order valence-electron chi connectivity index (χ0n) is 11.4. The molecule has 0 atom stereocenters. The van der Waals surface area contributed by atoms with E-state index in [1.165, 1.54) is 25.7 Å². The van der Waals surface area contributed by atoms with Crippen molar-refractivity contribution in [1.82, 2.24) is 9.97 Å². The molecule has 1 N–H and O–H groups in total. The number of aromatic nitrogens is 2. The predicted octanol–water partition coefficient (Wildman–Crippen LogP) is 3.52. The highest BCUT2D eigenvalue weighted by Crippen LogP contribution is 2.28. The van der Waals surface area contributed by atoms with E-state index in [1.54, 1.807) is 6.33 Å². The van der Waals surface area contributed by atoms with E-state index >= 15 is 0 Å². The Balaban J connectivity index is 1.87. The Bertz CT molecular complexity index is 362. The summed E-state index contributed by atoms with van der Waals surface area (Å²) in [5.74, 6) is 1.00. The molecule has 3 nitrogen and oxygen atoms in total. The average molecular weight is 265 g/mol. The van der Waals surface area contributed by atoms with E-state index in [9.17, 15) is 0 Å². The number of thioether (sulfide) groups is 1. The second-order valence-electron chi connectivity index (χ2n) is 5.00. The van der Waals surface area contributed by atoms with Gasteiger partial charge in [0.1, 0.15) is 12.1 Å². The van der Waals surface area contributed by atoms with Gasteiger partial charge in [-0.05, 0) is 38.4 Å². The molecule has 18 heavy (non-hydrogen) atoms. The highest BCUT2D eigenvalue weighted by molar-refractivity contribution is 7.99. The number of nitrogens with one attached hydrogen (secondary N) is 1. The van der Waals surface area contributed by atoms with Crippen molar-refractivity contribution in [3.05, 3.63) is 18.1 Å². The lowest BCUT2D eigenvalue weighted by Crippen LogP contribution is -2.27. The van der Waals surface area contributed by atoms with Gasteiger partial charge in [0.2, 0.25) is 0 Å². The minimum atomic E-state index is 0.595. The molecule has 100 valence electrons. The van der Waals surface area contributed by atoms with E-state index in [0.717, 1.165) is 29.6 Å². The highest BCUT2D eigenvalue weighted by Gasteiger charge is 2.20. The molecule has 0 saturated heterocycles. The van der Waals surface area contributed by atoms with Crippen molar-refractivity contribution >= 4 is 17.6 Å². The Morgan fingerprint density at radius 1 is 1.28 bits per heavy atom. The number of aryl methyl sites for hydroxylation is 1. The third kappa shape index (κ3) is 3.87. The lowest BCUT2D eigenvalue weighted by molar-refractivity contribution is 0.472. The minimum Gasteiger partial charge on any atom is -0.367 e. The molecule has 0 spiro atoms.